The molecule has 9 nitrogen and oxygen atoms in total. The molecule has 220 valence electrons. The van der Waals surface area contributed by atoms with E-state index in [-0.39, 0.29) is 40.1 Å². The first-order chi connectivity index (χ1) is 19.9. The van der Waals surface area contributed by atoms with Crippen LogP contribution in [0.2, 0.25) is 0 Å². The number of aromatic nitrogens is 3. The summed E-state index contributed by atoms with van der Waals surface area (Å²) in [6.07, 6.45) is 8.52. The van der Waals surface area contributed by atoms with Crippen molar-refractivity contribution in [3.05, 3.63) is 83.8 Å². The van der Waals surface area contributed by atoms with Crippen LogP contribution in [0, 0.1) is 5.82 Å². The largest absolute Gasteiger partial charge is 0.371 e. The predicted molar refractivity (Wildman–Crippen MR) is 160 cm³/mol. The van der Waals surface area contributed by atoms with E-state index in [9.17, 15) is 14.0 Å². The molecule has 10 heteroatoms. The number of hydrogen-bond acceptors (Lipinski definition) is 6. The number of nitrogens with one attached hydrogen (secondary N) is 3. The molecule has 1 saturated heterocycles. The van der Waals surface area contributed by atoms with Crippen LogP contribution in [-0.4, -0.2) is 50.0 Å². The van der Waals surface area contributed by atoms with Crippen LogP contribution in [0.5, 0.6) is 0 Å². The molecule has 4 heterocycles. The fourth-order valence-electron chi connectivity index (χ4n) is 4.92. The summed E-state index contributed by atoms with van der Waals surface area (Å²) in [4.78, 5) is 34.7. The molecule has 3 aromatic heterocycles. The van der Waals surface area contributed by atoms with E-state index >= 15 is 0 Å². The van der Waals surface area contributed by atoms with E-state index in [0.29, 0.717) is 18.7 Å². The monoisotopic (exact) mass is 572 g/mol. The molecule has 0 bridgehead atoms. The van der Waals surface area contributed by atoms with Crippen molar-refractivity contribution in [2.75, 3.05) is 11.9 Å². The van der Waals surface area contributed by atoms with Crippen LogP contribution in [0.15, 0.2) is 61.2 Å². The third kappa shape index (κ3) is 7.00. The lowest BCUT2D eigenvalue weighted by Crippen LogP contribution is -2.35. The van der Waals surface area contributed by atoms with Crippen molar-refractivity contribution in [3.63, 3.8) is 0 Å². The van der Waals surface area contributed by atoms with E-state index < -0.39 is 11.7 Å². The van der Waals surface area contributed by atoms with Crippen LogP contribution in [0.1, 0.15) is 73.9 Å². The van der Waals surface area contributed by atoms with Crippen LogP contribution < -0.4 is 16.0 Å². The Morgan fingerprint density at radius 2 is 1.88 bits per heavy atom. The number of amides is 2. The van der Waals surface area contributed by atoms with Crippen molar-refractivity contribution in [1.29, 1.82) is 0 Å². The molecule has 0 saturated carbocycles. The lowest BCUT2D eigenvalue weighted by atomic mass is 10.1. The highest BCUT2D eigenvalue weighted by Gasteiger charge is 2.31. The van der Waals surface area contributed by atoms with Gasteiger partial charge in [0.25, 0.3) is 11.8 Å². The molecule has 1 aliphatic heterocycles. The molecule has 4 aromatic rings. The molecule has 3 N–H and O–H groups in total. The second-order valence-electron chi connectivity index (χ2n) is 12.4. The van der Waals surface area contributed by atoms with Crippen molar-refractivity contribution in [2.45, 2.75) is 71.2 Å². The number of carbonyl (C=O) groups is 2. The molecular formula is C32H37FN6O3. The number of anilines is 1. The number of pyridine rings is 2. The number of carbonyl (C=O) groups excluding carboxylic acids is 2. The average molecular weight is 573 g/mol. The van der Waals surface area contributed by atoms with Crippen LogP contribution in [-0.2, 0) is 11.3 Å². The molecule has 42 heavy (non-hydrogen) atoms. The van der Waals surface area contributed by atoms with Crippen LogP contribution >= 0.6 is 0 Å². The van der Waals surface area contributed by atoms with Crippen molar-refractivity contribution in [1.82, 2.24) is 25.0 Å². The summed E-state index contributed by atoms with van der Waals surface area (Å²) in [6.45, 7) is 11.4. The third-order valence-electron chi connectivity index (χ3n) is 7.22. The molecule has 1 aliphatic rings. The lowest BCUT2D eigenvalue weighted by molar-refractivity contribution is -0.0138. The van der Waals surface area contributed by atoms with Crippen LogP contribution in [0.4, 0.5) is 10.1 Å². The quantitative estimate of drug-likeness (QED) is 0.262. The SMILES string of the molecule is CC(C)(C)NCc1cncc(-c2ccn3c(C(=O)Nc4cc(C(=O)NCC5CCC(C)(C)O5)ccc4F)cnc3c2)c1. The van der Waals surface area contributed by atoms with Crippen LogP contribution in [0.3, 0.4) is 0 Å². The first kappa shape index (κ1) is 29.3. The predicted octanol–water partition coefficient (Wildman–Crippen LogP) is 5.36. The number of hydrogen-bond donors (Lipinski definition) is 3. The Hall–Kier alpha value is -4.15. The van der Waals surface area contributed by atoms with Gasteiger partial charge in [-0.05, 0) is 95.0 Å². The Balaban J connectivity index is 1.28. The van der Waals surface area contributed by atoms with E-state index in [1.54, 1.807) is 16.8 Å². The van der Waals surface area contributed by atoms with Gasteiger partial charge in [0.2, 0.25) is 0 Å². The second-order valence-corrected chi connectivity index (χ2v) is 12.4. The summed E-state index contributed by atoms with van der Waals surface area (Å²) >= 11 is 0. The molecule has 1 aromatic carbocycles. The number of imidazole rings is 1. The zero-order valence-electron chi connectivity index (χ0n) is 24.6. The molecule has 0 spiro atoms. The van der Waals surface area contributed by atoms with Gasteiger partial charge in [-0.1, -0.05) is 0 Å². The summed E-state index contributed by atoms with van der Waals surface area (Å²) < 4.78 is 22.2. The van der Waals surface area contributed by atoms with Gasteiger partial charge in [-0.3, -0.25) is 19.0 Å². The smallest absolute Gasteiger partial charge is 0.274 e. The van der Waals surface area contributed by atoms with Gasteiger partial charge in [0, 0.05) is 48.3 Å². The number of fused-ring (bicyclic) bond motifs is 1. The van der Waals surface area contributed by atoms with E-state index in [0.717, 1.165) is 29.5 Å². The second kappa shape index (κ2) is 11.6. The number of ether oxygens (including phenoxy) is 1. The van der Waals surface area contributed by atoms with Gasteiger partial charge in [0.1, 0.15) is 17.2 Å². The molecule has 1 atom stereocenters. The summed E-state index contributed by atoms with van der Waals surface area (Å²) in [5.41, 5.74) is 3.61. The number of rotatable bonds is 8. The number of benzene rings is 1. The molecule has 2 amide bonds. The maximum atomic E-state index is 14.7. The zero-order chi connectivity index (χ0) is 30.1. The van der Waals surface area contributed by atoms with E-state index in [2.05, 4.69) is 52.8 Å². The maximum Gasteiger partial charge on any atom is 0.274 e. The third-order valence-corrected chi connectivity index (χ3v) is 7.22. The minimum absolute atomic E-state index is 0.0134. The number of nitrogens with zero attached hydrogens (tertiary/aromatic N) is 3. The number of halogens is 1. The zero-order valence-corrected chi connectivity index (χ0v) is 24.6. The summed E-state index contributed by atoms with van der Waals surface area (Å²) in [5, 5.41) is 8.90. The van der Waals surface area contributed by atoms with Gasteiger partial charge in [-0.15, -0.1) is 0 Å². The average Bonchev–Trinajstić information content (AvgIpc) is 3.53. The summed E-state index contributed by atoms with van der Waals surface area (Å²) in [7, 11) is 0. The fourth-order valence-corrected chi connectivity index (χ4v) is 4.92. The molecule has 1 fully saturated rings. The first-order valence-corrected chi connectivity index (χ1v) is 14.1. The minimum Gasteiger partial charge on any atom is -0.371 e. The normalized spacial score (nSPS) is 16.5. The Morgan fingerprint density at radius 1 is 1.07 bits per heavy atom. The van der Waals surface area contributed by atoms with Crippen molar-refractivity contribution in [3.8, 4) is 11.1 Å². The van der Waals surface area contributed by atoms with E-state index in [4.69, 9.17) is 4.74 Å². The van der Waals surface area contributed by atoms with Crippen molar-refractivity contribution < 1.29 is 18.7 Å². The molecular weight excluding hydrogens is 535 g/mol. The Kier molecular flexibility index (Phi) is 8.12. The summed E-state index contributed by atoms with van der Waals surface area (Å²) in [6, 6.07) is 9.71. The Morgan fingerprint density at radius 3 is 2.62 bits per heavy atom. The van der Waals surface area contributed by atoms with Gasteiger partial charge in [0.15, 0.2) is 0 Å². The van der Waals surface area contributed by atoms with Gasteiger partial charge in [0.05, 0.1) is 23.6 Å². The topological polar surface area (TPSA) is 110 Å². The lowest BCUT2D eigenvalue weighted by Gasteiger charge is -2.20. The highest BCUT2D eigenvalue weighted by Crippen LogP contribution is 2.29. The van der Waals surface area contributed by atoms with Gasteiger partial charge in [-0.25, -0.2) is 9.37 Å². The van der Waals surface area contributed by atoms with Gasteiger partial charge >= 0.3 is 0 Å². The van der Waals surface area contributed by atoms with Crippen LogP contribution in [0.25, 0.3) is 16.8 Å². The Labute approximate surface area is 244 Å². The van der Waals surface area contributed by atoms with Crippen molar-refractivity contribution in [2.24, 2.45) is 0 Å². The highest BCUT2D eigenvalue weighted by atomic mass is 19.1. The van der Waals surface area contributed by atoms with Gasteiger partial charge < -0.3 is 20.7 Å². The molecule has 5 rings (SSSR count). The minimum atomic E-state index is -0.648. The molecule has 1 unspecified atom stereocenters. The van der Waals surface area contributed by atoms with E-state index in [1.807, 2.05) is 32.2 Å². The standard InChI is InChI=1S/C32H37FN6O3/c1-31(2,3)37-16-20-12-23(17-34-15-20)21-9-11-39-27(19-35-28(39)14-21)30(41)38-26-13-22(6-7-25(26)33)29(40)36-18-24-8-10-32(4,5)42-24/h6-7,9,11-15,17,19,24,37H,8,10,16,18H2,1-5H3,(H,36,40)(H,38,41). The van der Waals surface area contributed by atoms with E-state index in [1.165, 1.54) is 24.4 Å². The fraction of sp³-hybridized carbons (Fsp3) is 0.375. The van der Waals surface area contributed by atoms with Crippen molar-refractivity contribution >= 4 is 23.1 Å². The van der Waals surface area contributed by atoms with Gasteiger partial charge in [-0.2, -0.15) is 0 Å². The first-order valence-electron chi connectivity index (χ1n) is 14.1. The maximum absolute atomic E-state index is 14.7. The molecule has 0 radical (unpaired) electrons. The molecule has 0 aliphatic carbocycles. The summed E-state index contributed by atoms with van der Waals surface area (Å²) in [5.74, 6) is -1.57. The highest BCUT2D eigenvalue weighted by molar-refractivity contribution is 6.04. The Bertz CT molecular complexity index is 1620.